The molecule has 0 atom stereocenters. The molecule has 2 aliphatic heterocycles. The van der Waals surface area contributed by atoms with Gasteiger partial charge in [-0.25, -0.2) is 0 Å². The summed E-state index contributed by atoms with van der Waals surface area (Å²) < 4.78 is 13.8. The fraction of sp³-hybridized carbons (Fsp3) is 0.0769. The third-order valence-electron chi connectivity index (χ3n) is 11.8. The van der Waals surface area contributed by atoms with Gasteiger partial charge in [-0.15, -0.1) is 0 Å². The molecule has 0 bridgehead atoms. The van der Waals surface area contributed by atoms with E-state index in [9.17, 15) is 0 Å². The van der Waals surface area contributed by atoms with E-state index in [0.717, 1.165) is 34.0 Å². The maximum absolute atomic E-state index is 6.97. The Morgan fingerprint density at radius 1 is 0.382 bits per heavy atom. The molecule has 2 nitrogen and oxygen atoms in total. The van der Waals surface area contributed by atoms with Crippen molar-refractivity contribution in [3.63, 3.8) is 0 Å². The Labute approximate surface area is 321 Å². The molecule has 9 aromatic carbocycles. The monoisotopic (exact) mass is 704 g/mol. The quantitative estimate of drug-likeness (QED) is 0.135. The Balaban J connectivity index is 1.17. The molecule has 0 radical (unpaired) electrons. The molecule has 0 aliphatic carbocycles. The van der Waals surface area contributed by atoms with Gasteiger partial charge in [-0.3, -0.25) is 0 Å². The minimum absolute atomic E-state index is 0.00791. The largest absolute Gasteiger partial charge is 0.458 e. The minimum Gasteiger partial charge on any atom is -0.458 e. The van der Waals surface area contributed by atoms with E-state index in [1.54, 1.807) is 0 Å². The summed E-state index contributed by atoms with van der Waals surface area (Å²) in [6, 6.07) is 61.7. The molecular weight excluding hydrogens is 667 g/mol. The van der Waals surface area contributed by atoms with Crippen LogP contribution in [0.15, 0.2) is 170 Å². The lowest BCUT2D eigenvalue weighted by molar-refractivity contribution is 0.463. The molecule has 0 saturated heterocycles. The average molecular weight is 705 g/mol. The summed E-state index contributed by atoms with van der Waals surface area (Å²) in [5, 5.41) is 7.30. The van der Waals surface area contributed by atoms with Gasteiger partial charge in [-0.05, 0) is 112 Å². The molecule has 2 heterocycles. The standard InChI is InChI=1S/C52H37BO2/c1-52(2,3)34-25-28-44-46(31-34)55-48-30-33(29-47-51(48)53(44)43-23-13-14-24-45(43)54-47)49-38-19-9-11-21-40(38)50(41-22-12-10-20-39(41)49)42-27-26-35(32-15-5-4-6-16-32)36-17-7-8-18-37(36)42/h4-31H,1-3H3. The SMILES string of the molecule is CC(C)(C)c1ccc2c(c1)Oc1cc(-c3c4ccccc4c(-c4ccc(-c5ccccc5)c5ccccc45)c4ccccc34)cc3c1B2c1ccccc1O3. The second kappa shape index (κ2) is 12.0. The maximum Gasteiger partial charge on any atom is 0.260 e. The van der Waals surface area contributed by atoms with Gasteiger partial charge in [0.2, 0.25) is 0 Å². The van der Waals surface area contributed by atoms with Crippen molar-refractivity contribution in [1.29, 1.82) is 0 Å². The third-order valence-corrected chi connectivity index (χ3v) is 11.8. The highest BCUT2D eigenvalue weighted by Gasteiger charge is 2.41. The Hall–Kier alpha value is -6.58. The van der Waals surface area contributed by atoms with Gasteiger partial charge in [0, 0.05) is 5.46 Å². The highest BCUT2D eigenvalue weighted by Crippen LogP contribution is 2.48. The lowest BCUT2D eigenvalue weighted by Gasteiger charge is -2.34. The summed E-state index contributed by atoms with van der Waals surface area (Å²) in [6.07, 6.45) is 0. The van der Waals surface area contributed by atoms with Crippen LogP contribution in [0.2, 0.25) is 0 Å². The number of fused-ring (bicyclic) bond motifs is 7. The molecule has 2 aliphatic rings. The van der Waals surface area contributed by atoms with Crippen LogP contribution in [-0.4, -0.2) is 6.71 Å². The van der Waals surface area contributed by atoms with Crippen LogP contribution < -0.4 is 25.9 Å². The number of rotatable bonds is 3. The molecule has 11 rings (SSSR count). The van der Waals surface area contributed by atoms with E-state index in [1.807, 2.05) is 0 Å². The molecule has 9 aromatic rings. The van der Waals surface area contributed by atoms with E-state index in [1.165, 1.54) is 76.6 Å². The zero-order valence-corrected chi connectivity index (χ0v) is 31.1. The molecule has 0 fully saturated rings. The summed E-state index contributed by atoms with van der Waals surface area (Å²) in [5.41, 5.74) is 11.9. The molecule has 0 amide bonds. The first-order chi connectivity index (χ1) is 26.9. The predicted octanol–water partition coefficient (Wildman–Crippen LogP) is 12.2. The highest BCUT2D eigenvalue weighted by atomic mass is 16.5. The van der Waals surface area contributed by atoms with Crippen molar-refractivity contribution in [2.45, 2.75) is 26.2 Å². The van der Waals surface area contributed by atoms with E-state index in [-0.39, 0.29) is 12.1 Å². The topological polar surface area (TPSA) is 18.5 Å². The predicted molar refractivity (Wildman–Crippen MR) is 232 cm³/mol. The zero-order chi connectivity index (χ0) is 36.8. The lowest BCUT2D eigenvalue weighted by Crippen LogP contribution is -2.57. The number of benzene rings is 9. The van der Waals surface area contributed by atoms with Crippen LogP contribution in [0.25, 0.3) is 65.7 Å². The van der Waals surface area contributed by atoms with Crippen molar-refractivity contribution >= 4 is 55.4 Å². The van der Waals surface area contributed by atoms with E-state index in [2.05, 4.69) is 191 Å². The second-order valence-corrected chi connectivity index (χ2v) is 16.0. The summed E-state index contributed by atoms with van der Waals surface area (Å²) >= 11 is 0. The van der Waals surface area contributed by atoms with Gasteiger partial charge in [0.1, 0.15) is 23.0 Å². The molecule has 0 N–H and O–H groups in total. The number of ether oxygens (including phenoxy) is 2. The van der Waals surface area contributed by atoms with E-state index in [0.29, 0.717) is 0 Å². The average Bonchev–Trinajstić information content (AvgIpc) is 3.22. The van der Waals surface area contributed by atoms with Crippen LogP contribution in [0.1, 0.15) is 26.3 Å². The second-order valence-electron chi connectivity index (χ2n) is 16.0. The Kier molecular flexibility index (Phi) is 6.94. The van der Waals surface area contributed by atoms with Gasteiger partial charge < -0.3 is 9.47 Å². The lowest BCUT2D eigenvalue weighted by atomic mass is 9.34. The molecule has 3 heteroatoms. The number of para-hydroxylation sites is 1. The Morgan fingerprint density at radius 3 is 1.55 bits per heavy atom. The molecule has 260 valence electrons. The first-order valence-electron chi connectivity index (χ1n) is 19.2. The summed E-state index contributed by atoms with van der Waals surface area (Å²) in [4.78, 5) is 0. The van der Waals surface area contributed by atoms with Crippen LogP contribution in [0.5, 0.6) is 23.0 Å². The van der Waals surface area contributed by atoms with Crippen LogP contribution in [0.3, 0.4) is 0 Å². The summed E-state index contributed by atoms with van der Waals surface area (Å²) in [7, 11) is 0. The van der Waals surface area contributed by atoms with Gasteiger partial charge in [0.15, 0.2) is 0 Å². The van der Waals surface area contributed by atoms with E-state index in [4.69, 9.17) is 9.47 Å². The van der Waals surface area contributed by atoms with Crippen molar-refractivity contribution in [3.05, 3.63) is 175 Å². The van der Waals surface area contributed by atoms with Gasteiger partial charge in [0.05, 0.1) is 0 Å². The molecular formula is C52H37BO2. The first-order valence-corrected chi connectivity index (χ1v) is 19.2. The van der Waals surface area contributed by atoms with Crippen molar-refractivity contribution in [2.24, 2.45) is 0 Å². The maximum atomic E-state index is 6.97. The minimum atomic E-state index is -0.00791. The molecule has 55 heavy (non-hydrogen) atoms. The van der Waals surface area contributed by atoms with Gasteiger partial charge in [-0.2, -0.15) is 0 Å². The zero-order valence-electron chi connectivity index (χ0n) is 31.1. The Bertz CT molecular complexity index is 2970. The van der Waals surface area contributed by atoms with Crippen molar-refractivity contribution < 1.29 is 9.47 Å². The molecule has 0 spiro atoms. The molecule has 0 aromatic heterocycles. The van der Waals surface area contributed by atoms with Gasteiger partial charge >= 0.3 is 0 Å². The van der Waals surface area contributed by atoms with E-state index >= 15 is 0 Å². The molecule has 0 unspecified atom stereocenters. The summed E-state index contributed by atoms with van der Waals surface area (Å²) in [6.45, 7) is 6.79. The number of hydrogen-bond donors (Lipinski definition) is 0. The van der Waals surface area contributed by atoms with Gasteiger partial charge in [-0.1, -0.05) is 166 Å². The van der Waals surface area contributed by atoms with Crippen molar-refractivity contribution in [3.8, 4) is 56.4 Å². The van der Waals surface area contributed by atoms with Crippen molar-refractivity contribution in [1.82, 2.24) is 0 Å². The normalized spacial score (nSPS) is 12.9. The highest BCUT2D eigenvalue weighted by molar-refractivity contribution is 6.98. The fourth-order valence-corrected chi connectivity index (χ4v) is 9.17. The van der Waals surface area contributed by atoms with Crippen LogP contribution in [0, 0.1) is 0 Å². The van der Waals surface area contributed by atoms with Crippen LogP contribution in [-0.2, 0) is 5.41 Å². The van der Waals surface area contributed by atoms with Crippen molar-refractivity contribution in [2.75, 3.05) is 0 Å². The summed E-state index contributed by atoms with van der Waals surface area (Å²) in [5.74, 6) is 3.51. The fourth-order valence-electron chi connectivity index (χ4n) is 9.17. The van der Waals surface area contributed by atoms with E-state index < -0.39 is 0 Å². The Morgan fingerprint density at radius 2 is 0.891 bits per heavy atom. The van der Waals surface area contributed by atoms with Crippen LogP contribution >= 0.6 is 0 Å². The van der Waals surface area contributed by atoms with Crippen LogP contribution in [0.4, 0.5) is 0 Å². The third kappa shape index (κ3) is 4.89. The number of hydrogen-bond acceptors (Lipinski definition) is 2. The first kappa shape index (κ1) is 31.9. The molecule has 0 saturated carbocycles. The van der Waals surface area contributed by atoms with Gasteiger partial charge in [0.25, 0.3) is 6.71 Å². The smallest absolute Gasteiger partial charge is 0.260 e.